The minimum atomic E-state index is 0.519. The van der Waals surface area contributed by atoms with Crippen molar-refractivity contribution in [3.63, 3.8) is 0 Å². The Hall–Kier alpha value is 0. The van der Waals surface area contributed by atoms with E-state index in [1.807, 2.05) is 13.8 Å². The van der Waals surface area contributed by atoms with Gasteiger partial charge in [0, 0.05) is 0 Å². The van der Waals surface area contributed by atoms with Gasteiger partial charge in [-0.2, -0.15) is 0 Å². The zero-order chi connectivity index (χ0) is 13.7. The smallest absolute Gasteiger partial charge is 0.0380 e. The maximum atomic E-state index is 2.39. The predicted octanol–water partition coefficient (Wildman–Crippen LogP) is 6.30. The van der Waals surface area contributed by atoms with Gasteiger partial charge in [-0.25, -0.2) is 0 Å². The van der Waals surface area contributed by atoms with E-state index >= 15 is 0 Å². The summed E-state index contributed by atoms with van der Waals surface area (Å²) in [5.41, 5.74) is 1.04. The Labute approximate surface area is 111 Å². The molecule has 1 fully saturated rings. The normalized spacial score (nSPS) is 25.4. The quantitative estimate of drug-likeness (QED) is 0.531. The summed E-state index contributed by atoms with van der Waals surface area (Å²) in [6.45, 7) is 18.3. The molecule has 0 heteroatoms. The average molecular weight is 240 g/mol. The van der Waals surface area contributed by atoms with Gasteiger partial charge >= 0.3 is 0 Å². The fraction of sp³-hybridized carbons (Fsp3) is 1.00. The average Bonchev–Trinajstić information content (AvgIpc) is 2.51. The highest BCUT2D eigenvalue weighted by atomic mass is 14.4. The lowest BCUT2D eigenvalue weighted by Gasteiger charge is -2.31. The molecule has 104 valence electrons. The van der Waals surface area contributed by atoms with Crippen LogP contribution in [0.3, 0.4) is 0 Å². The first-order chi connectivity index (χ1) is 7.67. The maximum absolute atomic E-state index is 2.39. The lowest BCUT2D eigenvalue weighted by atomic mass is 9.74. The molecule has 0 spiro atoms. The van der Waals surface area contributed by atoms with E-state index < -0.39 is 0 Å². The highest BCUT2D eigenvalue weighted by Gasteiger charge is 2.32. The van der Waals surface area contributed by atoms with Crippen molar-refractivity contribution in [3.8, 4) is 0 Å². The van der Waals surface area contributed by atoms with Gasteiger partial charge in [-0.15, -0.1) is 0 Å². The maximum Gasteiger partial charge on any atom is -0.0380 e. The van der Waals surface area contributed by atoms with Gasteiger partial charge in [0.1, 0.15) is 0 Å². The van der Waals surface area contributed by atoms with Crippen molar-refractivity contribution in [2.24, 2.45) is 22.7 Å². The second-order valence-electron chi connectivity index (χ2n) is 7.98. The molecule has 0 aromatic carbocycles. The van der Waals surface area contributed by atoms with Crippen LogP contribution in [0.1, 0.15) is 87.5 Å². The summed E-state index contributed by atoms with van der Waals surface area (Å²) in [5.74, 6) is 2.01. The van der Waals surface area contributed by atoms with E-state index in [4.69, 9.17) is 0 Å². The van der Waals surface area contributed by atoms with Crippen LogP contribution in [0.25, 0.3) is 0 Å². The molecule has 0 heterocycles. The van der Waals surface area contributed by atoms with Crippen molar-refractivity contribution in [2.45, 2.75) is 87.5 Å². The van der Waals surface area contributed by atoms with E-state index in [2.05, 4.69) is 41.5 Å². The highest BCUT2D eigenvalue weighted by Crippen LogP contribution is 2.44. The molecule has 0 N–H and O–H groups in total. The largest absolute Gasteiger partial charge is 0.0683 e. The van der Waals surface area contributed by atoms with Crippen molar-refractivity contribution in [1.29, 1.82) is 0 Å². The van der Waals surface area contributed by atoms with Gasteiger partial charge in [0.05, 0.1) is 0 Å². The monoisotopic (exact) mass is 240 g/mol. The Balaban J connectivity index is 0.00000121. The summed E-state index contributed by atoms with van der Waals surface area (Å²) < 4.78 is 0. The summed E-state index contributed by atoms with van der Waals surface area (Å²) in [7, 11) is 0. The van der Waals surface area contributed by atoms with E-state index in [0.717, 1.165) is 11.8 Å². The van der Waals surface area contributed by atoms with E-state index in [-0.39, 0.29) is 0 Å². The van der Waals surface area contributed by atoms with Crippen molar-refractivity contribution >= 4 is 0 Å². The van der Waals surface area contributed by atoms with E-state index in [9.17, 15) is 0 Å². The van der Waals surface area contributed by atoms with Gasteiger partial charge in [0.2, 0.25) is 0 Å². The Kier molecular flexibility index (Phi) is 6.81. The third kappa shape index (κ3) is 7.84. The lowest BCUT2D eigenvalue weighted by Crippen LogP contribution is -2.21. The zero-order valence-corrected chi connectivity index (χ0v) is 13.7. The molecular formula is C17H36. The molecule has 0 radical (unpaired) electrons. The molecule has 0 aromatic rings. The van der Waals surface area contributed by atoms with Crippen molar-refractivity contribution < 1.29 is 0 Å². The zero-order valence-electron chi connectivity index (χ0n) is 13.7. The molecule has 2 unspecified atom stereocenters. The van der Waals surface area contributed by atoms with Crippen LogP contribution in [0, 0.1) is 22.7 Å². The van der Waals surface area contributed by atoms with Crippen LogP contribution in [0.4, 0.5) is 0 Å². The van der Waals surface area contributed by atoms with Crippen LogP contribution in [-0.2, 0) is 0 Å². The molecule has 1 aliphatic rings. The van der Waals surface area contributed by atoms with Crippen molar-refractivity contribution in [1.82, 2.24) is 0 Å². The van der Waals surface area contributed by atoms with E-state index in [0.29, 0.717) is 10.8 Å². The number of hydrogen-bond acceptors (Lipinski definition) is 0. The van der Waals surface area contributed by atoms with Gasteiger partial charge in [0.15, 0.2) is 0 Å². The Morgan fingerprint density at radius 1 is 0.706 bits per heavy atom. The fourth-order valence-corrected chi connectivity index (χ4v) is 3.22. The fourth-order valence-electron chi connectivity index (χ4n) is 3.22. The molecule has 1 saturated carbocycles. The molecule has 1 rings (SSSR count). The predicted molar refractivity (Wildman–Crippen MR) is 80.3 cm³/mol. The van der Waals surface area contributed by atoms with Gasteiger partial charge in [-0.05, 0) is 35.5 Å². The summed E-state index contributed by atoms with van der Waals surface area (Å²) in [6, 6.07) is 0. The lowest BCUT2D eigenvalue weighted by molar-refractivity contribution is 0.196. The third-order valence-electron chi connectivity index (χ3n) is 3.57. The molecule has 0 nitrogen and oxygen atoms in total. The second kappa shape index (κ2) is 6.81. The van der Waals surface area contributed by atoms with Crippen LogP contribution in [-0.4, -0.2) is 0 Å². The SMILES string of the molecule is CC.CC(C)(C)CC1CCCC1CC(C)(C)C. The molecule has 0 aliphatic heterocycles. The summed E-state index contributed by atoms with van der Waals surface area (Å²) >= 11 is 0. The summed E-state index contributed by atoms with van der Waals surface area (Å²) in [5, 5.41) is 0. The molecule has 0 saturated heterocycles. The molecule has 17 heavy (non-hydrogen) atoms. The number of hydrogen-bond donors (Lipinski definition) is 0. The van der Waals surface area contributed by atoms with Crippen LogP contribution < -0.4 is 0 Å². The van der Waals surface area contributed by atoms with Gasteiger partial charge < -0.3 is 0 Å². The van der Waals surface area contributed by atoms with Gasteiger partial charge in [-0.1, -0.05) is 74.7 Å². The van der Waals surface area contributed by atoms with Crippen molar-refractivity contribution in [2.75, 3.05) is 0 Å². The second-order valence-corrected chi connectivity index (χ2v) is 7.98. The summed E-state index contributed by atoms with van der Waals surface area (Å²) in [4.78, 5) is 0. The topological polar surface area (TPSA) is 0 Å². The standard InChI is InChI=1S/C15H30.C2H6/c1-14(2,3)10-12-8-7-9-13(12)11-15(4,5)6;1-2/h12-13H,7-11H2,1-6H3;1-2H3. The molecular weight excluding hydrogens is 204 g/mol. The third-order valence-corrected chi connectivity index (χ3v) is 3.57. The Bertz CT molecular complexity index is 167. The minimum Gasteiger partial charge on any atom is -0.0683 e. The van der Waals surface area contributed by atoms with Crippen molar-refractivity contribution in [3.05, 3.63) is 0 Å². The first-order valence-corrected chi connectivity index (χ1v) is 7.67. The van der Waals surface area contributed by atoms with Crippen LogP contribution >= 0.6 is 0 Å². The first kappa shape index (κ1) is 17.0. The van der Waals surface area contributed by atoms with Crippen LogP contribution in [0.15, 0.2) is 0 Å². The molecule has 1 aliphatic carbocycles. The first-order valence-electron chi connectivity index (χ1n) is 7.67. The Morgan fingerprint density at radius 3 is 1.24 bits per heavy atom. The molecule has 0 bridgehead atoms. The number of rotatable bonds is 2. The van der Waals surface area contributed by atoms with E-state index in [1.54, 1.807) is 0 Å². The molecule has 0 aromatic heterocycles. The highest BCUT2D eigenvalue weighted by molar-refractivity contribution is 4.83. The van der Waals surface area contributed by atoms with E-state index in [1.165, 1.54) is 32.1 Å². The Morgan fingerprint density at radius 2 is 1.00 bits per heavy atom. The molecule has 2 atom stereocenters. The van der Waals surface area contributed by atoms with Gasteiger partial charge in [-0.3, -0.25) is 0 Å². The van der Waals surface area contributed by atoms with Gasteiger partial charge in [0.25, 0.3) is 0 Å². The van der Waals surface area contributed by atoms with Crippen LogP contribution in [0.5, 0.6) is 0 Å². The minimum absolute atomic E-state index is 0.519. The van der Waals surface area contributed by atoms with Crippen LogP contribution in [0.2, 0.25) is 0 Å². The summed E-state index contributed by atoms with van der Waals surface area (Å²) in [6.07, 6.45) is 7.29. The molecule has 0 amide bonds.